The van der Waals surface area contributed by atoms with Gasteiger partial charge in [0.15, 0.2) is 0 Å². The average molecular weight is 440 g/mol. The lowest BCUT2D eigenvalue weighted by Gasteiger charge is -2.37. The van der Waals surface area contributed by atoms with Crippen LogP contribution in [0.1, 0.15) is 62.4 Å². The topological polar surface area (TPSA) is 43.8 Å². The second kappa shape index (κ2) is 11.6. The number of rotatable bonds is 8. The highest BCUT2D eigenvalue weighted by Gasteiger charge is 2.38. The van der Waals surface area contributed by atoms with Gasteiger partial charge in [-0.2, -0.15) is 0 Å². The van der Waals surface area contributed by atoms with Crippen LogP contribution in [0.15, 0.2) is 104 Å². The predicted molar refractivity (Wildman–Crippen MR) is 139 cm³/mol. The van der Waals surface area contributed by atoms with E-state index in [0.29, 0.717) is 12.5 Å². The first kappa shape index (κ1) is 24.5. The number of hydrogen-bond acceptors (Lipinski definition) is 2. The molecule has 0 aliphatic rings. The molecule has 0 saturated heterocycles. The standard InChI is InChI=1S/C28H31N3.C2H6/c1-22(2)18-23(19-29)27-20-31(21-30-27)28(24-12-6-3-7-13-24,25-14-8-4-9-15-25)26-16-10-5-11-17-26;1-2/h3-17,20-23H,18-19,29H2,1-2H3;1-2H3. The van der Waals surface area contributed by atoms with E-state index < -0.39 is 5.54 Å². The van der Waals surface area contributed by atoms with Crippen molar-refractivity contribution in [1.29, 1.82) is 0 Å². The summed E-state index contributed by atoms with van der Waals surface area (Å²) < 4.78 is 2.27. The van der Waals surface area contributed by atoms with Crippen molar-refractivity contribution in [3.63, 3.8) is 0 Å². The molecule has 0 fully saturated rings. The molecule has 1 atom stereocenters. The second-order valence-corrected chi connectivity index (χ2v) is 8.58. The van der Waals surface area contributed by atoms with Gasteiger partial charge in [-0.25, -0.2) is 4.98 Å². The minimum atomic E-state index is -0.522. The van der Waals surface area contributed by atoms with Crippen molar-refractivity contribution in [3.8, 4) is 0 Å². The quantitative estimate of drug-likeness (QED) is 0.306. The van der Waals surface area contributed by atoms with Gasteiger partial charge in [0.25, 0.3) is 0 Å². The van der Waals surface area contributed by atoms with Gasteiger partial charge in [-0.05, 0) is 29.0 Å². The van der Waals surface area contributed by atoms with E-state index in [9.17, 15) is 0 Å². The van der Waals surface area contributed by atoms with Crippen molar-refractivity contribution in [3.05, 3.63) is 126 Å². The first-order valence-corrected chi connectivity index (χ1v) is 12.1. The second-order valence-electron chi connectivity index (χ2n) is 8.58. The molecule has 0 saturated carbocycles. The van der Waals surface area contributed by atoms with E-state index in [-0.39, 0.29) is 5.92 Å². The SMILES string of the molecule is CC.CC(C)CC(CN)c1cn(C(c2ccccc2)(c2ccccc2)c2ccccc2)cn1. The van der Waals surface area contributed by atoms with Crippen LogP contribution in [-0.4, -0.2) is 16.1 Å². The highest BCUT2D eigenvalue weighted by molar-refractivity contribution is 5.50. The van der Waals surface area contributed by atoms with Crippen LogP contribution in [0.2, 0.25) is 0 Å². The minimum absolute atomic E-state index is 0.251. The lowest BCUT2D eigenvalue weighted by Crippen LogP contribution is -2.37. The summed E-state index contributed by atoms with van der Waals surface area (Å²) in [5, 5.41) is 0. The molecule has 0 aliphatic carbocycles. The van der Waals surface area contributed by atoms with Crippen molar-refractivity contribution >= 4 is 0 Å². The normalized spacial score (nSPS) is 12.2. The molecule has 3 aromatic carbocycles. The molecule has 0 spiro atoms. The monoisotopic (exact) mass is 439 g/mol. The van der Waals surface area contributed by atoms with Crippen LogP contribution in [0.3, 0.4) is 0 Å². The summed E-state index contributed by atoms with van der Waals surface area (Å²) >= 11 is 0. The summed E-state index contributed by atoms with van der Waals surface area (Å²) in [5.41, 5.74) is 10.3. The smallest absolute Gasteiger partial charge is 0.121 e. The van der Waals surface area contributed by atoms with Crippen LogP contribution in [0.5, 0.6) is 0 Å². The summed E-state index contributed by atoms with van der Waals surface area (Å²) in [4.78, 5) is 4.87. The highest BCUT2D eigenvalue weighted by Crippen LogP contribution is 2.41. The Bertz CT molecular complexity index is 973. The summed E-state index contributed by atoms with van der Waals surface area (Å²) in [7, 11) is 0. The number of imidazole rings is 1. The van der Waals surface area contributed by atoms with Gasteiger partial charge in [0.2, 0.25) is 0 Å². The van der Waals surface area contributed by atoms with E-state index in [1.807, 2.05) is 20.2 Å². The van der Waals surface area contributed by atoms with Crippen molar-refractivity contribution in [2.24, 2.45) is 11.7 Å². The molecule has 0 bridgehead atoms. The zero-order valence-electron chi connectivity index (χ0n) is 20.4. The molecule has 4 rings (SSSR count). The van der Waals surface area contributed by atoms with E-state index in [0.717, 1.165) is 12.1 Å². The van der Waals surface area contributed by atoms with E-state index >= 15 is 0 Å². The van der Waals surface area contributed by atoms with Crippen LogP contribution in [0.4, 0.5) is 0 Å². The molecule has 33 heavy (non-hydrogen) atoms. The molecule has 2 N–H and O–H groups in total. The van der Waals surface area contributed by atoms with Gasteiger partial charge in [-0.1, -0.05) is 119 Å². The van der Waals surface area contributed by atoms with Gasteiger partial charge in [-0.3, -0.25) is 0 Å². The van der Waals surface area contributed by atoms with Crippen LogP contribution < -0.4 is 5.73 Å². The van der Waals surface area contributed by atoms with E-state index in [1.54, 1.807) is 0 Å². The van der Waals surface area contributed by atoms with Gasteiger partial charge >= 0.3 is 0 Å². The van der Waals surface area contributed by atoms with Gasteiger partial charge < -0.3 is 10.3 Å². The Hall–Kier alpha value is -3.17. The lowest BCUT2D eigenvalue weighted by atomic mass is 9.76. The summed E-state index contributed by atoms with van der Waals surface area (Å²) in [6.45, 7) is 9.08. The molecule has 0 aliphatic heterocycles. The van der Waals surface area contributed by atoms with Crippen molar-refractivity contribution in [1.82, 2.24) is 9.55 Å². The van der Waals surface area contributed by atoms with E-state index in [4.69, 9.17) is 10.7 Å². The Balaban J connectivity index is 0.00000149. The molecule has 0 amide bonds. The maximum atomic E-state index is 6.16. The maximum absolute atomic E-state index is 6.16. The van der Waals surface area contributed by atoms with Crippen LogP contribution in [0.25, 0.3) is 0 Å². The molecule has 4 aromatic rings. The third-order valence-corrected chi connectivity index (χ3v) is 6.02. The Morgan fingerprint density at radius 2 is 1.18 bits per heavy atom. The first-order valence-electron chi connectivity index (χ1n) is 12.1. The maximum Gasteiger partial charge on any atom is 0.121 e. The Morgan fingerprint density at radius 1 is 0.758 bits per heavy atom. The van der Waals surface area contributed by atoms with Crippen molar-refractivity contribution in [2.75, 3.05) is 6.54 Å². The third kappa shape index (κ3) is 5.09. The number of nitrogens with two attached hydrogens (primary N) is 1. The van der Waals surface area contributed by atoms with Gasteiger partial charge in [0.05, 0.1) is 12.0 Å². The fraction of sp³-hybridized carbons (Fsp3) is 0.300. The Morgan fingerprint density at radius 3 is 1.55 bits per heavy atom. The van der Waals surface area contributed by atoms with Gasteiger partial charge in [0, 0.05) is 18.7 Å². The molecule has 1 aromatic heterocycles. The summed E-state index contributed by atoms with van der Waals surface area (Å²) in [6, 6.07) is 32.1. The zero-order valence-corrected chi connectivity index (χ0v) is 20.4. The third-order valence-electron chi connectivity index (χ3n) is 6.02. The summed E-state index contributed by atoms with van der Waals surface area (Å²) in [6.07, 6.45) is 5.21. The molecular formula is C30H37N3. The molecular weight excluding hydrogens is 402 g/mol. The van der Waals surface area contributed by atoms with Crippen LogP contribution in [-0.2, 0) is 5.54 Å². The average Bonchev–Trinajstić information content (AvgIpc) is 3.36. The number of hydrogen-bond donors (Lipinski definition) is 1. The molecule has 1 unspecified atom stereocenters. The molecule has 3 nitrogen and oxygen atoms in total. The van der Waals surface area contributed by atoms with Gasteiger partial charge in [-0.15, -0.1) is 0 Å². The largest absolute Gasteiger partial charge is 0.330 e. The first-order chi connectivity index (χ1) is 16.2. The molecule has 3 heteroatoms. The van der Waals surface area contributed by atoms with Crippen LogP contribution >= 0.6 is 0 Å². The van der Waals surface area contributed by atoms with Crippen molar-refractivity contribution < 1.29 is 0 Å². The fourth-order valence-corrected chi connectivity index (χ4v) is 4.62. The van der Waals surface area contributed by atoms with E-state index in [1.165, 1.54) is 16.7 Å². The number of nitrogens with zero attached hydrogens (tertiary/aromatic N) is 2. The molecule has 172 valence electrons. The zero-order chi connectivity index (χ0) is 23.7. The minimum Gasteiger partial charge on any atom is -0.330 e. The van der Waals surface area contributed by atoms with E-state index in [2.05, 4.69) is 116 Å². The Labute approximate surface area is 199 Å². The van der Waals surface area contributed by atoms with Crippen LogP contribution in [0, 0.1) is 5.92 Å². The molecule has 0 radical (unpaired) electrons. The molecule has 1 heterocycles. The van der Waals surface area contributed by atoms with Crippen molar-refractivity contribution in [2.45, 2.75) is 45.6 Å². The van der Waals surface area contributed by atoms with Gasteiger partial charge in [0.1, 0.15) is 5.54 Å². The number of benzene rings is 3. The number of aromatic nitrogens is 2. The highest BCUT2D eigenvalue weighted by atomic mass is 15.1. The Kier molecular flexibility index (Phi) is 8.62. The summed E-state index contributed by atoms with van der Waals surface area (Å²) in [5.74, 6) is 0.821. The predicted octanol–water partition coefficient (Wildman–Crippen LogP) is 6.84. The fourth-order valence-electron chi connectivity index (χ4n) is 4.62. The lowest BCUT2D eigenvalue weighted by molar-refractivity contribution is 0.492.